The van der Waals surface area contributed by atoms with E-state index in [0.717, 1.165) is 17.0 Å². The van der Waals surface area contributed by atoms with E-state index in [1.807, 2.05) is 67.6 Å². The molecule has 0 saturated heterocycles. The molecule has 0 amide bonds. The number of rotatable bonds is 2. The van der Waals surface area contributed by atoms with E-state index in [-0.39, 0.29) is 0 Å². The first-order chi connectivity index (χ1) is 7.84. The summed E-state index contributed by atoms with van der Waals surface area (Å²) < 4.78 is 0. The molecule has 0 N–H and O–H groups in total. The van der Waals surface area contributed by atoms with E-state index < -0.39 is 0 Å². The highest BCUT2D eigenvalue weighted by Crippen LogP contribution is 2.02. The molecule has 0 unspecified atom stereocenters. The minimum atomic E-state index is 0.937. The fourth-order valence-corrected chi connectivity index (χ4v) is 1.42. The van der Waals surface area contributed by atoms with Gasteiger partial charge in [-0.2, -0.15) is 0 Å². The fraction of sp³-hybridized carbons (Fsp3) is 0.0667. The van der Waals surface area contributed by atoms with E-state index in [9.17, 15) is 0 Å². The predicted octanol–water partition coefficient (Wildman–Crippen LogP) is 3.72. The van der Waals surface area contributed by atoms with Gasteiger partial charge in [-0.15, -0.1) is 5.73 Å². The van der Waals surface area contributed by atoms with Crippen LogP contribution in [0.5, 0.6) is 0 Å². The third kappa shape index (κ3) is 2.94. The van der Waals surface area contributed by atoms with Crippen LogP contribution in [-0.4, -0.2) is 4.98 Å². The lowest BCUT2D eigenvalue weighted by atomic mass is 10.2. The van der Waals surface area contributed by atoms with Crippen LogP contribution in [0.3, 0.4) is 0 Å². The lowest BCUT2D eigenvalue weighted by Crippen LogP contribution is -1.82. The number of nitrogens with zero attached hydrogens (tertiary/aromatic N) is 1. The number of hydrogen-bond donors (Lipinski definition) is 0. The molecule has 0 aliphatic heterocycles. The lowest BCUT2D eigenvalue weighted by molar-refractivity contribution is 1.18. The third-order valence-electron chi connectivity index (χ3n) is 2.19. The van der Waals surface area contributed by atoms with Gasteiger partial charge in [0.15, 0.2) is 0 Å². The Morgan fingerprint density at radius 3 is 2.50 bits per heavy atom. The molecule has 2 aromatic rings. The summed E-state index contributed by atoms with van der Waals surface area (Å²) >= 11 is 0. The third-order valence-corrected chi connectivity index (χ3v) is 2.19. The number of hydrogen-bond acceptors (Lipinski definition) is 1. The van der Waals surface area contributed by atoms with Crippen molar-refractivity contribution in [1.29, 1.82) is 0 Å². The van der Waals surface area contributed by atoms with Crippen LogP contribution in [0.15, 0.2) is 54.3 Å². The molecular weight excluding hydrogens is 194 g/mol. The maximum absolute atomic E-state index is 4.37. The van der Waals surface area contributed by atoms with E-state index in [2.05, 4.69) is 10.7 Å². The Morgan fingerprint density at radius 2 is 1.75 bits per heavy atom. The largest absolute Gasteiger partial charge is 0.253 e. The number of aromatic nitrogens is 1. The van der Waals surface area contributed by atoms with Crippen molar-refractivity contribution in [3.63, 3.8) is 0 Å². The van der Waals surface area contributed by atoms with Gasteiger partial charge in [0.25, 0.3) is 0 Å². The Morgan fingerprint density at radius 1 is 0.938 bits per heavy atom. The van der Waals surface area contributed by atoms with Crippen LogP contribution >= 0.6 is 0 Å². The lowest BCUT2D eigenvalue weighted by Gasteiger charge is -1.92. The topological polar surface area (TPSA) is 12.9 Å². The van der Waals surface area contributed by atoms with Gasteiger partial charge in [0, 0.05) is 11.8 Å². The highest BCUT2D eigenvalue weighted by Gasteiger charge is 1.87. The van der Waals surface area contributed by atoms with Crippen molar-refractivity contribution in [3.8, 4) is 0 Å². The van der Waals surface area contributed by atoms with Gasteiger partial charge < -0.3 is 0 Å². The molecular formula is C15H13N. The number of pyridine rings is 1. The number of benzene rings is 1. The van der Waals surface area contributed by atoms with E-state index in [1.54, 1.807) is 0 Å². The second-order valence-electron chi connectivity index (χ2n) is 3.57. The van der Waals surface area contributed by atoms with Gasteiger partial charge >= 0.3 is 0 Å². The van der Waals surface area contributed by atoms with E-state index in [4.69, 9.17) is 0 Å². The van der Waals surface area contributed by atoms with Gasteiger partial charge in [0.05, 0.1) is 5.69 Å². The molecule has 1 aromatic carbocycles. The van der Waals surface area contributed by atoms with Crippen molar-refractivity contribution >= 4 is 12.2 Å². The zero-order chi connectivity index (χ0) is 11.2. The Hall–Kier alpha value is -2.11. The molecule has 16 heavy (non-hydrogen) atoms. The van der Waals surface area contributed by atoms with E-state index in [1.165, 1.54) is 0 Å². The summed E-state index contributed by atoms with van der Waals surface area (Å²) in [5.41, 5.74) is 6.24. The summed E-state index contributed by atoms with van der Waals surface area (Å²) in [6.07, 6.45) is 3.84. The molecule has 0 atom stereocenters. The number of aryl methyl sites for hydroxylation is 1. The van der Waals surface area contributed by atoms with Crippen LogP contribution in [-0.2, 0) is 0 Å². The predicted molar refractivity (Wildman–Crippen MR) is 67.9 cm³/mol. The molecule has 0 aliphatic carbocycles. The molecule has 1 heteroatoms. The van der Waals surface area contributed by atoms with Crippen molar-refractivity contribution in [2.24, 2.45) is 0 Å². The van der Waals surface area contributed by atoms with Crippen molar-refractivity contribution in [2.75, 3.05) is 0 Å². The molecule has 1 heterocycles. The van der Waals surface area contributed by atoms with E-state index in [0.29, 0.717) is 0 Å². The molecule has 0 spiro atoms. The summed E-state index contributed by atoms with van der Waals surface area (Å²) in [6, 6.07) is 16.1. The van der Waals surface area contributed by atoms with E-state index >= 15 is 0 Å². The first-order valence-electron chi connectivity index (χ1n) is 5.26. The van der Waals surface area contributed by atoms with Gasteiger partial charge in [0.1, 0.15) is 0 Å². The van der Waals surface area contributed by atoms with Crippen LogP contribution in [0.4, 0.5) is 0 Å². The zero-order valence-corrected chi connectivity index (χ0v) is 9.22. The van der Waals surface area contributed by atoms with Crippen LogP contribution in [0, 0.1) is 6.92 Å². The molecule has 2 rings (SSSR count). The highest BCUT2D eigenvalue weighted by atomic mass is 14.7. The second-order valence-corrected chi connectivity index (χ2v) is 3.57. The normalized spacial score (nSPS) is 9.31. The van der Waals surface area contributed by atoms with Crippen molar-refractivity contribution < 1.29 is 0 Å². The van der Waals surface area contributed by atoms with Gasteiger partial charge in [-0.1, -0.05) is 36.4 Å². The monoisotopic (exact) mass is 207 g/mol. The van der Waals surface area contributed by atoms with Crippen molar-refractivity contribution in [3.05, 3.63) is 71.2 Å². The Bertz CT molecular complexity index is 520. The first-order valence-corrected chi connectivity index (χ1v) is 5.26. The van der Waals surface area contributed by atoms with Crippen LogP contribution in [0.2, 0.25) is 0 Å². The minimum absolute atomic E-state index is 0.937. The molecule has 0 fully saturated rings. The van der Waals surface area contributed by atoms with Gasteiger partial charge in [-0.3, -0.25) is 4.98 Å². The van der Waals surface area contributed by atoms with Crippen LogP contribution < -0.4 is 0 Å². The van der Waals surface area contributed by atoms with Crippen LogP contribution in [0.25, 0.3) is 12.2 Å². The quantitative estimate of drug-likeness (QED) is 0.684. The summed E-state index contributed by atoms with van der Waals surface area (Å²) in [7, 11) is 0. The Balaban J connectivity index is 2.19. The molecule has 0 aliphatic rings. The van der Waals surface area contributed by atoms with Gasteiger partial charge in [0.2, 0.25) is 0 Å². The average molecular weight is 207 g/mol. The molecule has 1 aromatic heterocycles. The average Bonchev–Trinajstić information content (AvgIpc) is 2.30. The zero-order valence-electron chi connectivity index (χ0n) is 9.22. The molecule has 0 radical (unpaired) electrons. The molecule has 78 valence electrons. The van der Waals surface area contributed by atoms with Crippen molar-refractivity contribution in [2.45, 2.75) is 6.92 Å². The molecule has 1 nitrogen and oxygen atoms in total. The summed E-state index contributed by atoms with van der Waals surface area (Å²) in [6.45, 7) is 1.98. The summed E-state index contributed by atoms with van der Waals surface area (Å²) in [5, 5.41) is 0. The standard InChI is InChI=1S/C15H13N/c1-13-7-5-11-15(16-13)12-6-10-14-8-3-2-4-9-14/h2-5,7-12H,1H3. The summed E-state index contributed by atoms with van der Waals surface area (Å²) in [4.78, 5) is 4.37. The van der Waals surface area contributed by atoms with Gasteiger partial charge in [-0.25, -0.2) is 0 Å². The minimum Gasteiger partial charge on any atom is -0.253 e. The Kier molecular flexibility index (Phi) is 3.32. The van der Waals surface area contributed by atoms with Crippen molar-refractivity contribution in [1.82, 2.24) is 4.98 Å². The van der Waals surface area contributed by atoms with Gasteiger partial charge in [-0.05, 0) is 30.7 Å². The first kappa shape index (κ1) is 10.4. The maximum Gasteiger partial charge on any atom is 0.0709 e. The second kappa shape index (κ2) is 5.11. The van der Waals surface area contributed by atoms with Crippen LogP contribution in [0.1, 0.15) is 17.0 Å². The maximum atomic E-state index is 4.37. The smallest absolute Gasteiger partial charge is 0.0709 e. The fourth-order valence-electron chi connectivity index (χ4n) is 1.42. The Labute approximate surface area is 95.8 Å². The molecule has 0 bridgehead atoms. The highest BCUT2D eigenvalue weighted by molar-refractivity contribution is 5.55. The SMILES string of the molecule is Cc1cccc(C=C=Cc2ccccc2)n1. The molecule has 0 saturated carbocycles. The summed E-state index contributed by atoms with van der Waals surface area (Å²) in [5.74, 6) is 0.